The molecule has 1 aromatic rings. The van der Waals surface area contributed by atoms with Gasteiger partial charge in [0.2, 0.25) is 0 Å². The van der Waals surface area contributed by atoms with Crippen molar-refractivity contribution in [3.05, 3.63) is 35.4 Å². The zero-order valence-corrected chi connectivity index (χ0v) is 11.1. The van der Waals surface area contributed by atoms with E-state index < -0.39 is 0 Å². The van der Waals surface area contributed by atoms with Crippen molar-refractivity contribution < 1.29 is 0 Å². The number of rotatable bonds is 7. The van der Waals surface area contributed by atoms with Crippen LogP contribution < -0.4 is 5.32 Å². The summed E-state index contributed by atoms with van der Waals surface area (Å²) in [6.07, 6.45) is 2.31. The molecular weight excluding hydrogens is 218 g/mol. The van der Waals surface area contributed by atoms with Crippen LogP contribution in [0.4, 0.5) is 0 Å². The molecule has 1 atom stereocenters. The lowest BCUT2D eigenvalue weighted by atomic mass is 10.0. The molecule has 0 saturated carbocycles. The van der Waals surface area contributed by atoms with Gasteiger partial charge in [0.15, 0.2) is 0 Å². The Kier molecular flexibility index (Phi) is 6.51. The summed E-state index contributed by atoms with van der Waals surface area (Å²) in [5.74, 6) is 1.48. The van der Waals surface area contributed by atoms with Gasteiger partial charge in [-0.1, -0.05) is 43.2 Å². The van der Waals surface area contributed by atoms with E-state index in [2.05, 4.69) is 43.4 Å². The maximum absolute atomic E-state index is 5.76. The molecule has 0 saturated heterocycles. The van der Waals surface area contributed by atoms with Gasteiger partial charge in [-0.2, -0.15) is 0 Å². The number of hydrogen-bond donors (Lipinski definition) is 1. The second kappa shape index (κ2) is 7.70. The summed E-state index contributed by atoms with van der Waals surface area (Å²) in [5.41, 5.74) is 2.69. The minimum atomic E-state index is 0.710. The lowest BCUT2D eigenvalue weighted by Gasteiger charge is -2.14. The summed E-state index contributed by atoms with van der Waals surface area (Å²) in [4.78, 5) is 0. The van der Waals surface area contributed by atoms with Crippen LogP contribution in [-0.4, -0.2) is 12.4 Å². The van der Waals surface area contributed by atoms with Crippen molar-refractivity contribution in [2.24, 2.45) is 5.92 Å². The van der Waals surface area contributed by atoms with Gasteiger partial charge in [0.05, 0.1) is 0 Å². The van der Waals surface area contributed by atoms with Crippen LogP contribution in [-0.2, 0) is 6.54 Å². The highest BCUT2D eigenvalue weighted by Crippen LogP contribution is 2.08. The Morgan fingerprint density at radius 2 is 2.19 bits per heavy atom. The largest absolute Gasteiger partial charge is 0.312 e. The van der Waals surface area contributed by atoms with Gasteiger partial charge in [0.1, 0.15) is 0 Å². The number of aryl methyl sites for hydroxylation is 1. The van der Waals surface area contributed by atoms with E-state index in [0.29, 0.717) is 5.92 Å². The average Bonchev–Trinajstić information content (AvgIpc) is 2.28. The summed E-state index contributed by atoms with van der Waals surface area (Å²) >= 11 is 5.76. The van der Waals surface area contributed by atoms with Gasteiger partial charge in [-0.05, 0) is 31.4 Å². The zero-order chi connectivity index (χ0) is 11.8. The lowest BCUT2D eigenvalue weighted by Crippen LogP contribution is -2.22. The Bertz CT molecular complexity index is 299. The van der Waals surface area contributed by atoms with Gasteiger partial charge < -0.3 is 5.32 Å². The maximum atomic E-state index is 5.76. The molecule has 0 aliphatic rings. The van der Waals surface area contributed by atoms with Gasteiger partial charge in [-0.25, -0.2) is 0 Å². The molecule has 0 fully saturated rings. The molecular formula is C14H22ClN. The molecule has 0 heterocycles. The van der Waals surface area contributed by atoms with Crippen molar-refractivity contribution in [1.82, 2.24) is 5.32 Å². The highest BCUT2D eigenvalue weighted by Gasteiger charge is 2.04. The summed E-state index contributed by atoms with van der Waals surface area (Å²) in [5, 5.41) is 3.51. The van der Waals surface area contributed by atoms with Gasteiger partial charge >= 0.3 is 0 Å². The van der Waals surface area contributed by atoms with E-state index in [1.165, 1.54) is 17.5 Å². The van der Waals surface area contributed by atoms with Crippen LogP contribution in [0.5, 0.6) is 0 Å². The Balaban J connectivity index is 2.29. The SMILES string of the molecule is CCC(CCCl)CNCc1cccc(C)c1. The molecule has 1 aromatic carbocycles. The number of benzene rings is 1. The first-order chi connectivity index (χ1) is 7.76. The predicted molar refractivity (Wildman–Crippen MR) is 72.0 cm³/mol. The number of nitrogens with one attached hydrogen (secondary N) is 1. The molecule has 0 bridgehead atoms. The van der Waals surface area contributed by atoms with Crippen LogP contribution in [0, 0.1) is 12.8 Å². The van der Waals surface area contributed by atoms with E-state index in [4.69, 9.17) is 11.6 Å². The third-order valence-electron chi connectivity index (χ3n) is 2.94. The molecule has 1 N–H and O–H groups in total. The van der Waals surface area contributed by atoms with Crippen molar-refractivity contribution in [3.63, 3.8) is 0 Å². The van der Waals surface area contributed by atoms with Crippen LogP contribution >= 0.6 is 11.6 Å². The Labute approximate surface area is 104 Å². The van der Waals surface area contributed by atoms with E-state index in [9.17, 15) is 0 Å². The molecule has 1 rings (SSSR count). The topological polar surface area (TPSA) is 12.0 Å². The summed E-state index contributed by atoms with van der Waals surface area (Å²) < 4.78 is 0. The lowest BCUT2D eigenvalue weighted by molar-refractivity contribution is 0.451. The monoisotopic (exact) mass is 239 g/mol. The fourth-order valence-electron chi connectivity index (χ4n) is 1.85. The van der Waals surface area contributed by atoms with Crippen molar-refractivity contribution >= 4 is 11.6 Å². The quantitative estimate of drug-likeness (QED) is 0.715. The third kappa shape index (κ3) is 5.00. The van der Waals surface area contributed by atoms with E-state index in [0.717, 1.165) is 25.4 Å². The van der Waals surface area contributed by atoms with Crippen LogP contribution in [0.3, 0.4) is 0 Å². The van der Waals surface area contributed by atoms with Crippen LogP contribution in [0.2, 0.25) is 0 Å². The highest BCUT2D eigenvalue weighted by molar-refractivity contribution is 6.17. The van der Waals surface area contributed by atoms with Gasteiger partial charge in [-0.3, -0.25) is 0 Å². The van der Waals surface area contributed by atoms with E-state index in [-0.39, 0.29) is 0 Å². The predicted octanol–water partition coefficient (Wildman–Crippen LogP) is 3.74. The molecule has 0 aromatic heterocycles. The molecule has 0 aliphatic carbocycles. The van der Waals surface area contributed by atoms with Crippen molar-refractivity contribution in [1.29, 1.82) is 0 Å². The Hall–Kier alpha value is -0.530. The second-order valence-electron chi connectivity index (χ2n) is 4.37. The van der Waals surface area contributed by atoms with Crippen molar-refractivity contribution in [2.75, 3.05) is 12.4 Å². The van der Waals surface area contributed by atoms with E-state index in [1.54, 1.807) is 0 Å². The van der Waals surface area contributed by atoms with E-state index in [1.807, 2.05) is 0 Å². The van der Waals surface area contributed by atoms with Crippen LogP contribution in [0.25, 0.3) is 0 Å². The third-order valence-corrected chi connectivity index (χ3v) is 3.16. The summed E-state index contributed by atoms with van der Waals surface area (Å²) in [6, 6.07) is 8.65. The molecule has 1 nitrogen and oxygen atoms in total. The molecule has 0 aliphatic heterocycles. The smallest absolute Gasteiger partial charge is 0.0226 e. The number of halogens is 1. The van der Waals surface area contributed by atoms with Gasteiger partial charge in [-0.15, -0.1) is 11.6 Å². The molecule has 2 heteroatoms. The summed E-state index contributed by atoms with van der Waals surface area (Å²) in [6.45, 7) is 6.38. The minimum absolute atomic E-state index is 0.710. The second-order valence-corrected chi connectivity index (χ2v) is 4.75. The highest BCUT2D eigenvalue weighted by atomic mass is 35.5. The molecule has 16 heavy (non-hydrogen) atoms. The molecule has 0 radical (unpaired) electrons. The van der Waals surface area contributed by atoms with Gasteiger partial charge in [0, 0.05) is 12.4 Å². The zero-order valence-electron chi connectivity index (χ0n) is 10.3. The Morgan fingerprint density at radius 3 is 2.81 bits per heavy atom. The minimum Gasteiger partial charge on any atom is -0.312 e. The number of alkyl halides is 1. The maximum Gasteiger partial charge on any atom is 0.0226 e. The Morgan fingerprint density at radius 1 is 1.38 bits per heavy atom. The van der Waals surface area contributed by atoms with Crippen LogP contribution in [0.1, 0.15) is 30.9 Å². The first-order valence-electron chi connectivity index (χ1n) is 6.08. The first kappa shape index (κ1) is 13.5. The van der Waals surface area contributed by atoms with Gasteiger partial charge in [0.25, 0.3) is 0 Å². The summed E-state index contributed by atoms with van der Waals surface area (Å²) in [7, 11) is 0. The molecule has 90 valence electrons. The normalized spacial score (nSPS) is 12.7. The fraction of sp³-hybridized carbons (Fsp3) is 0.571. The van der Waals surface area contributed by atoms with E-state index >= 15 is 0 Å². The first-order valence-corrected chi connectivity index (χ1v) is 6.62. The molecule has 0 amide bonds. The number of hydrogen-bond acceptors (Lipinski definition) is 1. The molecule has 1 unspecified atom stereocenters. The van der Waals surface area contributed by atoms with Crippen molar-refractivity contribution in [2.45, 2.75) is 33.2 Å². The standard InChI is InChI=1S/C14H22ClN/c1-3-13(7-8-15)10-16-11-14-6-4-5-12(2)9-14/h4-6,9,13,16H,3,7-8,10-11H2,1-2H3. The molecule has 0 spiro atoms. The van der Waals surface area contributed by atoms with Crippen LogP contribution in [0.15, 0.2) is 24.3 Å². The fourth-order valence-corrected chi connectivity index (χ4v) is 2.16. The average molecular weight is 240 g/mol. The van der Waals surface area contributed by atoms with Crippen molar-refractivity contribution in [3.8, 4) is 0 Å².